The fourth-order valence-electron chi connectivity index (χ4n) is 3.74. The Balaban J connectivity index is 2.16. The summed E-state index contributed by atoms with van der Waals surface area (Å²) in [6.45, 7) is 0. The Kier molecular flexibility index (Phi) is 4.12. The molecule has 0 fully saturated rings. The highest BCUT2D eigenvalue weighted by molar-refractivity contribution is 5.88. The van der Waals surface area contributed by atoms with Crippen molar-refractivity contribution in [1.82, 2.24) is 4.57 Å². The zero-order valence-corrected chi connectivity index (χ0v) is 15.1. The van der Waals surface area contributed by atoms with Gasteiger partial charge in [0.25, 0.3) is 5.56 Å². The second kappa shape index (κ2) is 6.41. The first kappa shape index (κ1) is 18.6. The van der Waals surface area contributed by atoms with Gasteiger partial charge in [-0.25, -0.2) is 0 Å². The summed E-state index contributed by atoms with van der Waals surface area (Å²) in [5.41, 5.74) is 4.45. The SMILES string of the molecule is Cn1c(=O)c2c(c3ccccc31)OC(N)=C(C#N)[C@@H]2c1ccccc1C(F)(F)F. The van der Waals surface area contributed by atoms with Gasteiger partial charge in [0, 0.05) is 12.4 Å². The largest absolute Gasteiger partial charge is 0.439 e. The van der Waals surface area contributed by atoms with Gasteiger partial charge in [-0.15, -0.1) is 0 Å². The number of halogens is 3. The smallest absolute Gasteiger partial charge is 0.416 e. The van der Waals surface area contributed by atoms with Crippen molar-refractivity contribution >= 4 is 10.9 Å². The lowest BCUT2D eigenvalue weighted by molar-refractivity contribution is -0.138. The van der Waals surface area contributed by atoms with E-state index in [4.69, 9.17) is 10.5 Å². The van der Waals surface area contributed by atoms with E-state index >= 15 is 0 Å². The third-order valence-corrected chi connectivity index (χ3v) is 5.04. The van der Waals surface area contributed by atoms with Crippen LogP contribution in [-0.2, 0) is 13.2 Å². The molecule has 1 atom stereocenters. The van der Waals surface area contributed by atoms with Gasteiger partial charge in [-0.1, -0.05) is 30.3 Å². The van der Waals surface area contributed by atoms with Crippen LogP contribution in [0, 0.1) is 11.3 Å². The number of para-hydroxylation sites is 1. The van der Waals surface area contributed by atoms with Crippen LogP contribution in [0.4, 0.5) is 13.2 Å². The Labute approximate surface area is 163 Å². The minimum atomic E-state index is -4.67. The predicted molar refractivity (Wildman–Crippen MR) is 99.9 cm³/mol. The van der Waals surface area contributed by atoms with E-state index in [0.717, 1.165) is 6.07 Å². The number of allylic oxidation sites excluding steroid dienone is 1. The maximum Gasteiger partial charge on any atom is 0.416 e. The molecule has 0 radical (unpaired) electrons. The lowest BCUT2D eigenvalue weighted by Crippen LogP contribution is -2.31. The van der Waals surface area contributed by atoms with E-state index in [0.29, 0.717) is 10.9 Å². The first-order valence-electron chi connectivity index (χ1n) is 8.61. The van der Waals surface area contributed by atoms with Crippen LogP contribution in [0.15, 0.2) is 64.8 Å². The summed E-state index contributed by atoms with van der Waals surface area (Å²) < 4.78 is 48.0. The number of alkyl halides is 3. The second-order valence-electron chi connectivity index (χ2n) is 6.63. The van der Waals surface area contributed by atoms with Crippen molar-refractivity contribution in [3.63, 3.8) is 0 Å². The molecular formula is C21H14F3N3O2. The molecule has 0 amide bonds. The van der Waals surface area contributed by atoms with Crippen LogP contribution < -0.4 is 16.0 Å². The fourth-order valence-corrected chi connectivity index (χ4v) is 3.74. The van der Waals surface area contributed by atoms with Crippen LogP contribution in [0.25, 0.3) is 10.9 Å². The van der Waals surface area contributed by atoms with Crippen molar-refractivity contribution in [2.24, 2.45) is 12.8 Å². The molecule has 1 aliphatic rings. The maximum atomic E-state index is 13.7. The average molecular weight is 397 g/mol. The van der Waals surface area contributed by atoms with E-state index in [1.807, 2.05) is 6.07 Å². The van der Waals surface area contributed by atoms with Gasteiger partial charge < -0.3 is 15.0 Å². The highest BCUT2D eigenvalue weighted by Gasteiger charge is 2.41. The van der Waals surface area contributed by atoms with Crippen molar-refractivity contribution in [1.29, 1.82) is 5.26 Å². The standard InChI is InChI=1S/C21H14F3N3O2/c1-27-15-9-5-3-7-12(15)18-17(20(27)28)16(13(10-25)19(26)29-18)11-6-2-4-8-14(11)21(22,23)24/h2-9,16H,26H2,1H3/t16-/m0/s1. The number of ether oxygens (including phenoxy) is 1. The normalized spacial score (nSPS) is 16.3. The van der Waals surface area contributed by atoms with Crippen LogP contribution in [0.3, 0.4) is 0 Å². The Bertz CT molecular complexity index is 1280. The molecule has 3 aromatic rings. The minimum absolute atomic E-state index is 0.0475. The predicted octanol–water partition coefficient (Wildman–Crippen LogP) is 3.78. The second-order valence-corrected chi connectivity index (χ2v) is 6.63. The Hall–Kier alpha value is -3.73. The highest BCUT2D eigenvalue weighted by atomic mass is 19.4. The van der Waals surface area contributed by atoms with Gasteiger partial charge in [0.2, 0.25) is 5.88 Å². The average Bonchev–Trinajstić information content (AvgIpc) is 2.70. The summed E-state index contributed by atoms with van der Waals surface area (Å²) in [5.74, 6) is -1.55. The van der Waals surface area contributed by atoms with E-state index in [-0.39, 0.29) is 28.3 Å². The molecule has 1 aliphatic heterocycles. The first-order chi connectivity index (χ1) is 13.8. The summed E-state index contributed by atoms with van der Waals surface area (Å²) in [4.78, 5) is 13.2. The van der Waals surface area contributed by atoms with Crippen molar-refractivity contribution in [3.8, 4) is 11.8 Å². The van der Waals surface area contributed by atoms with Crippen LogP contribution in [0.1, 0.15) is 22.6 Å². The van der Waals surface area contributed by atoms with Crippen LogP contribution in [-0.4, -0.2) is 4.57 Å². The molecule has 1 aromatic heterocycles. The number of pyridine rings is 1. The summed E-state index contributed by atoms with van der Waals surface area (Å²) in [5, 5.41) is 10.1. The molecule has 2 heterocycles. The van der Waals surface area contributed by atoms with E-state index in [1.165, 1.54) is 29.8 Å². The number of benzene rings is 2. The molecule has 0 spiro atoms. The van der Waals surface area contributed by atoms with Gasteiger partial charge in [0.15, 0.2) is 0 Å². The molecule has 2 aromatic carbocycles. The molecule has 0 aliphatic carbocycles. The molecule has 0 saturated carbocycles. The van der Waals surface area contributed by atoms with E-state index < -0.39 is 23.2 Å². The molecule has 8 heteroatoms. The van der Waals surface area contributed by atoms with E-state index in [1.54, 1.807) is 24.3 Å². The number of rotatable bonds is 1. The zero-order valence-electron chi connectivity index (χ0n) is 15.1. The lowest BCUT2D eigenvalue weighted by atomic mass is 9.81. The molecule has 5 nitrogen and oxygen atoms in total. The number of nitriles is 1. The van der Waals surface area contributed by atoms with Crippen LogP contribution in [0.2, 0.25) is 0 Å². The lowest BCUT2D eigenvalue weighted by Gasteiger charge is -2.29. The van der Waals surface area contributed by atoms with Crippen molar-refractivity contribution in [3.05, 3.63) is 87.0 Å². The number of nitrogens with two attached hydrogens (primary N) is 1. The topological polar surface area (TPSA) is 81.0 Å². The number of hydrogen-bond acceptors (Lipinski definition) is 4. The van der Waals surface area contributed by atoms with E-state index in [9.17, 15) is 23.2 Å². The fraction of sp³-hybridized carbons (Fsp3) is 0.143. The van der Waals surface area contributed by atoms with Crippen molar-refractivity contribution in [2.45, 2.75) is 12.1 Å². The molecule has 0 bridgehead atoms. The van der Waals surface area contributed by atoms with Gasteiger partial charge in [-0.3, -0.25) is 4.79 Å². The van der Waals surface area contributed by atoms with Gasteiger partial charge in [0.1, 0.15) is 17.4 Å². The molecule has 2 N–H and O–H groups in total. The van der Waals surface area contributed by atoms with Gasteiger partial charge in [-0.05, 0) is 23.8 Å². The Morgan fingerprint density at radius 2 is 1.79 bits per heavy atom. The van der Waals surface area contributed by atoms with Crippen LogP contribution in [0.5, 0.6) is 5.75 Å². The highest BCUT2D eigenvalue weighted by Crippen LogP contribution is 2.46. The number of fused-ring (bicyclic) bond motifs is 3. The molecular weight excluding hydrogens is 383 g/mol. The number of aromatic nitrogens is 1. The third kappa shape index (κ3) is 2.74. The Morgan fingerprint density at radius 1 is 1.14 bits per heavy atom. The number of aryl methyl sites for hydroxylation is 1. The molecule has 0 unspecified atom stereocenters. The summed E-state index contributed by atoms with van der Waals surface area (Å²) in [6, 6.07) is 13.5. The minimum Gasteiger partial charge on any atom is -0.439 e. The Morgan fingerprint density at radius 3 is 2.48 bits per heavy atom. The van der Waals surface area contributed by atoms with Crippen LogP contribution >= 0.6 is 0 Å². The number of nitrogens with zero attached hydrogens (tertiary/aromatic N) is 2. The molecule has 4 rings (SSSR count). The third-order valence-electron chi connectivity index (χ3n) is 5.04. The van der Waals surface area contributed by atoms with Crippen molar-refractivity contribution in [2.75, 3.05) is 0 Å². The summed E-state index contributed by atoms with van der Waals surface area (Å²) in [6.07, 6.45) is -4.67. The maximum absolute atomic E-state index is 13.7. The monoisotopic (exact) mass is 397 g/mol. The van der Waals surface area contributed by atoms with Crippen molar-refractivity contribution < 1.29 is 17.9 Å². The summed E-state index contributed by atoms with van der Waals surface area (Å²) >= 11 is 0. The quantitative estimate of drug-likeness (QED) is 0.678. The summed E-state index contributed by atoms with van der Waals surface area (Å²) in [7, 11) is 1.52. The number of hydrogen-bond donors (Lipinski definition) is 1. The molecule has 0 saturated heterocycles. The van der Waals surface area contributed by atoms with Gasteiger partial charge in [0.05, 0.1) is 22.6 Å². The molecule has 29 heavy (non-hydrogen) atoms. The van der Waals surface area contributed by atoms with Gasteiger partial charge >= 0.3 is 6.18 Å². The molecule has 146 valence electrons. The zero-order chi connectivity index (χ0) is 20.9. The van der Waals surface area contributed by atoms with E-state index in [2.05, 4.69) is 0 Å². The first-order valence-corrected chi connectivity index (χ1v) is 8.61. The van der Waals surface area contributed by atoms with Gasteiger partial charge in [-0.2, -0.15) is 18.4 Å².